The van der Waals surface area contributed by atoms with Gasteiger partial charge in [0, 0.05) is 31.6 Å². The Kier molecular flexibility index (Phi) is 5.00. The van der Waals surface area contributed by atoms with Gasteiger partial charge in [0.1, 0.15) is 6.61 Å². The van der Waals surface area contributed by atoms with Gasteiger partial charge in [0.2, 0.25) is 5.91 Å². The fourth-order valence-corrected chi connectivity index (χ4v) is 3.53. The first kappa shape index (κ1) is 15.4. The molecule has 0 aliphatic carbocycles. The van der Waals surface area contributed by atoms with E-state index in [-0.39, 0.29) is 23.9 Å². The van der Waals surface area contributed by atoms with E-state index in [9.17, 15) is 9.59 Å². The van der Waals surface area contributed by atoms with Crippen molar-refractivity contribution < 1.29 is 14.3 Å². The number of hydrogen-bond acceptors (Lipinski definition) is 5. The normalized spacial score (nSPS) is 21.5. The van der Waals surface area contributed by atoms with E-state index in [1.807, 2.05) is 39.5 Å². The fourth-order valence-electron chi connectivity index (χ4n) is 2.68. The molecule has 0 spiro atoms. The van der Waals surface area contributed by atoms with Crippen LogP contribution in [-0.2, 0) is 16.1 Å². The molecular formula is C16H20N2O3S. The highest BCUT2D eigenvalue weighted by molar-refractivity contribution is 8.11. The molecule has 0 bridgehead atoms. The van der Waals surface area contributed by atoms with Gasteiger partial charge < -0.3 is 9.64 Å². The van der Waals surface area contributed by atoms with Crippen molar-refractivity contribution in [2.75, 3.05) is 19.6 Å². The van der Waals surface area contributed by atoms with Crippen molar-refractivity contribution in [2.24, 2.45) is 0 Å². The first-order chi connectivity index (χ1) is 10.7. The molecule has 2 aliphatic rings. The molecule has 2 saturated heterocycles. The summed E-state index contributed by atoms with van der Waals surface area (Å²) in [6.07, 6.45) is 2.86. The zero-order valence-corrected chi connectivity index (χ0v) is 13.3. The lowest BCUT2D eigenvalue weighted by Crippen LogP contribution is -2.49. The van der Waals surface area contributed by atoms with E-state index in [4.69, 9.17) is 4.74 Å². The molecule has 2 heterocycles. The maximum Gasteiger partial charge on any atom is 0.383 e. The number of nitrogens with zero attached hydrogens (tertiary/aromatic N) is 2. The zero-order valence-electron chi connectivity index (χ0n) is 12.4. The van der Waals surface area contributed by atoms with Gasteiger partial charge in [-0.3, -0.25) is 4.79 Å². The van der Waals surface area contributed by atoms with E-state index in [1.165, 1.54) is 0 Å². The van der Waals surface area contributed by atoms with Crippen LogP contribution < -0.4 is 0 Å². The van der Waals surface area contributed by atoms with Gasteiger partial charge in [-0.1, -0.05) is 30.3 Å². The molecule has 0 saturated carbocycles. The van der Waals surface area contributed by atoms with Crippen molar-refractivity contribution >= 4 is 23.2 Å². The Labute approximate surface area is 134 Å². The number of carbonyl (C=O) groups excluding carboxylic acids is 2. The highest BCUT2D eigenvalue weighted by Gasteiger charge is 2.37. The Morgan fingerprint density at radius 2 is 1.91 bits per heavy atom. The van der Waals surface area contributed by atoms with Crippen LogP contribution in [0, 0.1) is 0 Å². The van der Waals surface area contributed by atoms with Crippen LogP contribution in [0.25, 0.3) is 0 Å². The highest BCUT2D eigenvalue weighted by atomic mass is 32.2. The lowest BCUT2D eigenvalue weighted by Gasteiger charge is -2.35. The van der Waals surface area contributed by atoms with Crippen molar-refractivity contribution in [1.29, 1.82) is 0 Å². The van der Waals surface area contributed by atoms with Gasteiger partial charge in [0.15, 0.2) is 0 Å². The standard InChI is InChI=1S/C16H20N2O3S/c19-15(17-9-5-10-17)14-8-4-11-18(14)22-16(20)21-12-13-6-2-1-3-7-13/h1-3,6-7,14H,4-5,8-12H2. The third kappa shape index (κ3) is 3.62. The molecule has 6 heteroatoms. The largest absolute Gasteiger partial charge is 0.452 e. The van der Waals surface area contributed by atoms with Gasteiger partial charge in [0.05, 0.1) is 6.04 Å². The molecule has 2 fully saturated rings. The van der Waals surface area contributed by atoms with Crippen LogP contribution in [0.2, 0.25) is 0 Å². The van der Waals surface area contributed by atoms with Crippen LogP contribution in [0.5, 0.6) is 0 Å². The summed E-state index contributed by atoms with van der Waals surface area (Å²) in [4.78, 5) is 26.2. The van der Waals surface area contributed by atoms with Crippen molar-refractivity contribution in [3.63, 3.8) is 0 Å². The molecule has 1 aromatic rings. The molecule has 3 rings (SSSR count). The van der Waals surface area contributed by atoms with Gasteiger partial charge in [-0.15, -0.1) is 0 Å². The molecule has 22 heavy (non-hydrogen) atoms. The average Bonchev–Trinajstić information content (AvgIpc) is 2.92. The smallest absolute Gasteiger partial charge is 0.383 e. The lowest BCUT2D eigenvalue weighted by atomic mass is 10.1. The van der Waals surface area contributed by atoms with Crippen molar-refractivity contribution in [1.82, 2.24) is 9.21 Å². The summed E-state index contributed by atoms with van der Waals surface area (Å²) in [5.74, 6) is 0.159. The zero-order chi connectivity index (χ0) is 15.4. The molecule has 1 aromatic carbocycles. The van der Waals surface area contributed by atoms with Gasteiger partial charge in [-0.05, 0) is 24.8 Å². The minimum Gasteiger partial charge on any atom is -0.452 e. The predicted octanol–water partition coefficient (Wildman–Crippen LogP) is 2.67. The second-order valence-electron chi connectivity index (χ2n) is 5.59. The van der Waals surface area contributed by atoms with Gasteiger partial charge in [-0.2, -0.15) is 0 Å². The van der Waals surface area contributed by atoms with Gasteiger partial charge in [0.25, 0.3) is 0 Å². The summed E-state index contributed by atoms with van der Waals surface area (Å²) >= 11 is 1.04. The van der Waals surface area contributed by atoms with Crippen molar-refractivity contribution in [3.8, 4) is 0 Å². The number of likely N-dealkylation sites (tertiary alicyclic amines) is 1. The number of ether oxygens (including phenoxy) is 1. The number of rotatable bonds is 4. The molecule has 1 atom stereocenters. The van der Waals surface area contributed by atoms with E-state index in [1.54, 1.807) is 0 Å². The fraction of sp³-hybridized carbons (Fsp3) is 0.500. The molecule has 0 radical (unpaired) electrons. The topological polar surface area (TPSA) is 49.9 Å². The van der Waals surface area contributed by atoms with Crippen LogP contribution in [0.4, 0.5) is 4.79 Å². The van der Waals surface area contributed by atoms with Gasteiger partial charge >= 0.3 is 5.30 Å². The van der Waals surface area contributed by atoms with Crippen molar-refractivity contribution in [3.05, 3.63) is 35.9 Å². The third-order valence-electron chi connectivity index (χ3n) is 4.05. The Bertz CT molecular complexity index is 533. The van der Waals surface area contributed by atoms with Crippen LogP contribution in [0.1, 0.15) is 24.8 Å². The summed E-state index contributed by atoms with van der Waals surface area (Å²) in [7, 11) is 0. The second kappa shape index (κ2) is 7.15. The Morgan fingerprint density at radius 3 is 2.59 bits per heavy atom. The van der Waals surface area contributed by atoms with E-state index in [2.05, 4.69) is 0 Å². The van der Waals surface area contributed by atoms with E-state index in [0.717, 1.165) is 56.4 Å². The highest BCUT2D eigenvalue weighted by Crippen LogP contribution is 2.29. The summed E-state index contributed by atoms with van der Waals surface area (Å²) < 4.78 is 7.16. The number of hydrogen-bond donors (Lipinski definition) is 0. The number of carbonyl (C=O) groups is 2. The maximum atomic E-state index is 12.3. The van der Waals surface area contributed by atoms with E-state index < -0.39 is 0 Å². The van der Waals surface area contributed by atoms with Gasteiger partial charge in [-0.25, -0.2) is 9.10 Å². The SMILES string of the molecule is O=C(OCc1ccccc1)SN1CCCC1C(=O)N1CCC1. The van der Waals surface area contributed by atoms with E-state index >= 15 is 0 Å². The molecule has 2 aliphatic heterocycles. The van der Waals surface area contributed by atoms with Crippen LogP contribution in [0.3, 0.4) is 0 Å². The molecule has 1 unspecified atom stereocenters. The molecule has 1 amide bonds. The van der Waals surface area contributed by atoms with Crippen LogP contribution in [-0.4, -0.2) is 46.1 Å². The number of benzene rings is 1. The first-order valence-corrected chi connectivity index (χ1v) is 8.45. The Morgan fingerprint density at radius 1 is 1.14 bits per heavy atom. The van der Waals surface area contributed by atoms with Crippen LogP contribution >= 0.6 is 11.9 Å². The number of amides is 1. The van der Waals surface area contributed by atoms with Crippen LogP contribution in [0.15, 0.2) is 30.3 Å². The Hall–Kier alpha value is -1.53. The van der Waals surface area contributed by atoms with E-state index in [0.29, 0.717) is 0 Å². The third-order valence-corrected chi connectivity index (χ3v) is 4.99. The quantitative estimate of drug-likeness (QED) is 0.630. The second-order valence-corrected chi connectivity index (χ2v) is 6.58. The molecular weight excluding hydrogens is 300 g/mol. The minimum absolute atomic E-state index is 0.159. The summed E-state index contributed by atoms with van der Waals surface area (Å²) in [5.41, 5.74) is 0.964. The molecule has 0 N–H and O–H groups in total. The predicted molar refractivity (Wildman–Crippen MR) is 85.1 cm³/mol. The average molecular weight is 320 g/mol. The lowest BCUT2D eigenvalue weighted by molar-refractivity contribution is -0.137. The Balaban J connectivity index is 1.48. The monoisotopic (exact) mass is 320 g/mol. The minimum atomic E-state index is -0.341. The first-order valence-electron chi connectivity index (χ1n) is 7.68. The molecule has 0 aromatic heterocycles. The molecule has 5 nitrogen and oxygen atoms in total. The van der Waals surface area contributed by atoms with Crippen molar-refractivity contribution in [2.45, 2.75) is 31.9 Å². The summed E-state index contributed by atoms with van der Waals surface area (Å²) in [6, 6.07) is 9.43. The summed E-state index contributed by atoms with van der Waals surface area (Å²) in [5, 5.41) is -0.341. The maximum absolute atomic E-state index is 12.3. The molecule has 118 valence electrons. The summed E-state index contributed by atoms with van der Waals surface area (Å²) in [6.45, 7) is 2.74.